The fourth-order valence-electron chi connectivity index (χ4n) is 3.69. The molecule has 2 aromatic carbocycles. The van der Waals surface area contributed by atoms with Gasteiger partial charge in [-0.3, -0.25) is 9.59 Å². The van der Waals surface area contributed by atoms with Crippen molar-refractivity contribution in [3.05, 3.63) is 59.2 Å². The number of hydrogen-bond donors (Lipinski definition) is 1. The highest BCUT2D eigenvalue weighted by molar-refractivity contribution is 5.95. The minimum absolute atomic E-state index is 0.00401. The van der Waals surface area contributed by atoms with Gasteiger partial charge in [0.2, 0.25) is 5.91 Å². The van der Waals surface area contributed by atoms with Crippen molar-refractivity contribution in [3.8, 4) is 0 Å². The van der Waals surface area contributed by atoms with Crippen LogP contribution in [-0.4, -0.2) is 36.9 Å². The highest BCUT2D eigenvalue weighted by Crippen LogP contribution is 2.27. The second-order valence-corrected chi connectivity index (χ2v) is 10.1. The molecule has 174 valence electrons. The number of benzene rings is 2. The first-order valence-electron chi connectivity index (χ1n) is 11.4. The lowest BCUT2D eigenvalue weighted by Crippen LogP contribution is -2.38. The Labute approximate surface area is 193 Å². The highest BCUT2D eigenvalue weighted by atomic mass is 16.2. The highest BCUT2D eigenvalue weighted by Gasteiger charge is 2.23. The topological polar surface area (TPSA) is 52.7 Å². The van der Waals surface area contributed by atoms with Crippen LogP contribution in [-0.2, 0) is 11.3 Å². The smallest absolute Gasteiger partial charge is 0.254 e. The summed E-state index contributed by atoms with van der Waals surface area (Å²) in [7, 11) is 3.99. The third-order valence-electron chi connectivity index (χ3n) is 5.53. The summed E-state index contributed by atoms with van der Waals surface area (Å²) in [6.45, 7) is 12.8. The van der Waals surface area contributed by atoms with Crippen LogP contribution < -0.4 is 10.2 Å². The summed E-state index contributed by atoms with van der Waals surface area (Å²) in [6, 6.07) is 13.7. The van der Waals surface area contributed by atoms with Crippen LogP contribution in [0, 0.1) is 12.3 Å². The van der Waals surface area contributed by atoms with Crippen molar-refractivity contribution in [2.75, 3.05) is 24.3 Å². The van der Waals surface area contributed by atoms with Gasteiger partial charge in [-0.15, -0.1) is 0 Å². The van der Waals surface area contributed by atoms with Gasteiger partial charge in [-0.25, -0.2) is 0 Å². The van der Waals surface area contributed by atoms with E-state index in [0.717, 1.165) is 28.9 Å². The molecule has 2 aromatic rings. The number of anilines is 2. The van der Waals surface area contributed by atoms with Crippen molar-refractivity contribution in [1.29, 1.82) is 0 Å². The Hall–Kier alpha value is -2.82. The number of carbonyl (C=O) groups is 2. The van der Waals surface area contributed by atoms with E-state index in [9.17, 15) is 9.59 Å². The first-order valence-corrected chi connectivity index (χ1v) is 11.4. The Kier molecular flexibility index (Phi) is 8.48. The van der Waals surface area contributed by atoms with E-state index in [1.807, 2.05) is 94.1 Å². The predicted molar refractivity (Wildman–Crippen MR) is 134 cm³/mol. The predicted octanol–water partition coefficient (Wildman–Crippen LogP) is 5.88. The van der Waals surface area contributed by atoms with Crippen LogP contribution in [0.2, 0.25) is 0 Å². The molecule has 32 heavy (non-hydrogen) atoms. The Balaban J connectivity index is 2.38. The van der Waals surface area contributed by atoms with Gasteiger partial charge in [-0.2, -0.15) is 0 Å². The Morgan fingerprint density at radius 1 is 1.06 bits per heavy atom. The monoisotopic (exact) mass is 437 g/mol. The molecule has 0 aliphatic rings. The lowest BCUT2D eigenvalue weighted by atomic mass is 9.92. The molecule has 0 radical (unpaired) electrons. The molecule has 2 amide bonds. The molecule has 0 aliphatic carbocycles. The Bertz CT molecular complexity index is 944. The molecular formula is C27H39N3O2. The van der Waals surface area contributed by atoms with E-state index in [0.29, 0.717) is 18.5 Å². The second kappa shape index (κ2) is 10.7. The second-order valence-electron chi connectivity index (χ2n) is 10.1. The number of amides is 2. The molecule has 0 aliphatic heterocycles. The van der Waals surface area contributed by atoms with Crippen LogP contribution in [0.15, 0.2) is 42.5 Å². The van der Waals surface area contributed by atoms with Crippen LogP contribution in [0.4, 0.5) is 11.4 Å². The molecule has 5 nitrogen and oxygen atoms in total. The van der Waals surface area contributed by atoms with Crippen LogP contribution in [0.5, 0.6) is 0 Å². The summed E-state index contributed by atoms with van der Waals surface area (Å²) >= 11 is 0. The Morgan fingerprint density at radius 3 is 2.31 bits per heavy atom. The average molecular weight is 438 g/mol. The third kappa shape index (κ3) is 7.11. The average Bonchev–Trinajstić information content (AvgIpc) is 2.69. The summed E-state index contributed by atoms with van der Waals surface area (Å²) in [5.41, 5.74) is 4.48. The molecule has 1 atom stereocenters. The van der Waals surface area contributed by atoms with Gasteiger partial charge < -0.3 is 15.1 Å². The zero-order chi connectivity index (χ0) is 24.1. The van der Waals surface area contributed by atoms with Gasteiger partial charge in [-0.05, 0) is 61.6 Å². The first kappa shape index (κ1) is 25.4. The summed E-state index contributed by atoms with van der Waals surface area (Å²) in [5.74, 6) is 0.0191. The van der Waals surface area contributed by atoms with Crippen molar-refractivity contribution in [2.24, 2.45) is 5.41 Å². The summed E-state index contributed by atoms with van der Waals surface area (Å²) in [5, 5.41) is 3.03. The van der Waals surface area contributed by atoms with Crippen molar-refractivity contribution < 1.29 is 9.59 Å². The normalized spacial score (nSPS) is 12.2. The number of nitrogens with one attached hydrogen (secondary N) is 1. The molecule has 5 heteroatoms. The number of hydrogen-bond acceptors (Lipinski definition) is 3. The fraction of sp³-hybridized carbons (Fsp3) is 0.481. The van der Waals surface area contributed by atoms with E-state index < -0.39 is 0 Å². The molecule has 0 heterocycles. The van der Waals surface area contributed by atoms with Gasteiger partial charge in [0.15, 0.2) is 0 Å². The van der Waals surface area contributed by atoms with Gasteiger partial charge in [0.25, 0.3) is 5.91 Å². The van der Waals surface area contributed by atoms with Gasteiger partial charge >= 0.3 is 0 Å². The zero-order valence-corrected chi connectivity index (χ0v) is 21.0. The van der Waals surface area contributed by atoms with E-state index in [1.165, 1.54) is 0 Å². The molecule has 0 saturated heterocycles. The molecule has 0 fully saturated rings. The standard InChI is InChI=1S/C27H39N3O2/c1-9-20(3)30(26(32)21-12-10-11-19(2)15-21)18-22-16-23(13-14-24(22)29(7)8)28-25(31)17-27(4,5)6/h10-16,20H,9,17-18H2,1-8H3,(H,28,31). The van der Waals surface area contributed by atoms with E-state index in [4.69, 9.17) is 0 Å². The minimum Gasteiger partial charge on any atom is -0.377 e. The molecular weight excluding hydrogens is 398 g/mol. The molecule has 1 unspecified atom stereocenters. The van der Waals surface area contributed by atoms with Gasteiger partial charge in [0.1, 0.15) is 0 Å². The van der Waals surface area contributed by atoms with E-state index in [2.05, 4.69) is 19.2 Å². The largest absolute Gasteiger partial charge is 0.377 e. The number of rotatable bonds is 8. The lowest BCUT2D eigenvalue weighted by Gasteiger charge is -2.31. The molecule has 2 rings (SSSR count). The quantitative estimate of drug-likeness (QED) is 0.561. The molecule has 0 saturated carbocycles. The van der Waals surface area contributed by atoms with Gasteiger partial charge in [0, 0.05) is 50.0 Å². The minimum atomic E-state index is -0.0793. The summed E-state index contributed by atoms with van der Waals surface area (Å²) < 4.78 is 0. The van der Waals surface area contributed by atoms with Crippen LogP contribution >= 0.6 is 0 Å². The summed E-state index contributed by atoms with van der Waals surface area (Å²) in [4.78, 5) is 29.9. The molecule has 1 N–H and O–H groups in total. The zero-order valence-electron chi connectivity index (χ0n) is 21.0. The number of nitrogens with zero attached hydrogens (tertiary/aromatic N) is 2. The number of carbonyl (C=O) groups excluding carboxylic acids is 2. The summed E-state index contributed by atoms with van der Waals surface area (Å²) in [6.07, 6.45) is 1.31. The van der Waals surface area contributed by atoms with Crippen LogP contribution in [0.1, 0.15) is 68.9 Å². The third-order valence-corrected chi connectivity index (χ3v) is 5.53. The number of aryl methyl sites for hydroxylation is 1. The molecule has 0 bridgehead atoms. The van der Waals surface area contributed by atoms with Gasteiger partial charge in [0.05, 0.1) is 0 Å². The van der Waals surface area contributed by atoms with E-state index >= 15 is 0 Å². The lowest BCUT2D eigenvalue weighted by molar-refractivity contribution is -0.117. The Morgan fingerprint density at radius 2 is 1.75 bits per heavy atom. The van der Waals surface area contributed by atoms with Crippen LogP contribution in [0.25, 0.3) is 0 Å². The molecule has 0 spiro atoms. The van der Waals surface area contributed by atoms with E-state index in [-0.39, 0.29) is 23.3 Å². The first-order chi connectivity index (χ1) is 14.9. The fourth-order valence-corrected chi connectivity index (χ4v) is 3.69. The van der Waals surface area contributed by atoms with E-state index in [1.54, 1.807) is 0 Å². The maximum atomic E-state index is 13.4. The molecule has 0 aromatic heterocycles. The maximum Gasteiger partial charge on any atom is 0.254 e. The van der Waals surface area contributed by atoms with Crippen molar-refractivity contribution in [2.45, 2.75) is 67.0 Å². The van der Waals surface area contributed by atoms with Crippen molar-refractivity contribution in [3.63, 3.8) is 0 Å². The van der Waals surface area contributed by atoms with Crippen molar-refractivity contribution >= 4 is 23.2 Å². The SMILES string of the molecule is CCC(C)N(Cc1cc(NC(=O)CC(C)(C)C)ccc1N(C)C)C(=O)c1cccc(C)c1. The van der Waals surface area contributed by atoms with Gasteiger partial charge in [-0.1, -0.05) is 45.4 Å². The van der Waals surface area contributed by atoms with Crippen LogP contribution in [0.3, 0.4) is 0 Å². The maximum absolute atomic E-state index is 13.4. The van der Waals surface area contributed by atoms with Crippen molar-refractivity contribution in [1.82, 2.24) is 4.90 Å².